The molecule has 2 N–H and O–H groups in total. The molecule has 2 rings (SSSR count). The molecule has 0 heterocycles. The van der Waals surface area contributed by atoms with Gasteiger partial charge >= 0.3 is 0 Å². The number of benzene rings is 1. The Morgan fingerprint density at radius 2 is 1.73 bits per heavy atom. The molecule has 1 aromatic rings. The molecule has 80 valence electrons. The lowest BCUT2D eigenvalue weighted by Gasteiger charge is -2.24. The third kappa shape index (κ3) is 2.82. The molecule has 0 aliphatic heterocycles. The highest BCUT2D eigenvalue weighted by atomic mass is 15.0. The van der Waals surface area contributed by atoms with Gasteiger partial charge in [0.05, 0.1) is 0 Å². The van der Waals surface area contributed by atoms with Crippen molar-refractivity contribution in [1.82, 2.24) is 5.32 Å². The first-order valence-corrected chi connectivity index (χ1v) is 5.77. The fourth-order valence-corrected chi connectivity index (χ4v) is 2.14. The summed E-state index contributed by atoms with van der Waals surface area (Å²) in [4.78, 5) is 0. The Balaban J connectivity index is 1.91. The van der Waals surface area contributed by atoms with Gasteiger partial charge in [-0.25, -0.2) is 0 Å². The van der Waals surface area contributed by atoms with Crippen LogP contribution in [0.25, 0.3) is 0 Å². The molecule has 0 atom stereocenters. The highest BCUT2D eigenvalue weighted by Crippen LogP contribution is 2.17. The number of nitrogens with one attached hydrogen (secondary N) is 2. The maximum atomic E-state index is 7.95. The van der Waals surface area contributed by atoms with Gasteiger partial charge in [-0.3, -0.25) is 5.41 Å². The Morgan fingerprint density at radius 1 is 1.07 bits per heavy atom. The van der Waals surface area contributed by atoms with Gasteiger partial charge < -0.3 is 5.32 Å². The summed E-state index contributed by atoms with van der Waals surface area (Å²) in [6, 6.07) is 10.4. The van der Waals surface area contributed by atoms with Crippen LogP contribution in [-0.2, 0) is 0 Å². The van der Waals surface area contributed by atoms with Gasteiger partial charge in [0.2, 0.25) is 0 Å². The second-order valence-corrected chi connectivity index (χ2v) is 4.22. The standard InChI is InChI=1S/C13H18N2/c14-13(11-7-3-1-4-8-11)15-12-9-5-2-6-10-12/h1,3-4,7-8,12H,2,5-6,9-10H2,(H2,14,15). The van der Waals surface area contributed by atoms with Gasteiger partial charge in [-0.1, -0.05) is 49.6 Å². The van der Waals surface area contributed by atoms with Crippen LogP contribution in [0.3, 0.4) is 0 Å². The monoisotopic (exact) mass is 202 g/mol. The molecule has 1 aliphatic rings. The van der Waals surface area contributed by atoms with Crippen LogP contribution >= 0.6 is 0 Å². The molecule has 1 saturated carbocycles. The molecule has 1 aromatic carbocycles. The van der Waals surface area contributed by atoms with Crippen molar-refractivity contribution in [3.05, 3.63) is 35.9 Å². The van der Waals surface area contributed by atoms with Crippen LogP contribution in [0.4, 0.5) is 0 Å². The van der Waals surface area contributed by atoms with Crippen molar-refractivity contribution in [3.8, 4) is 0 Å². The van der Waals surface area contributed by atoms with Gasteiger partial charge in [0.1, 0.15) is 5.84 Å². The predicted octanol–water partition coefficient (Wildman–Crippen LogP) is 2.93. The summed E-state index contributed by atoms with van der Waals surface area (Å²) in [6.45, 7) is 0. The topological polar surface area (TPSA) is 35.9 Å². The molecule has 0 amide bonds. The van der Waals surface area contributed by atoms with Gasteiger partial charge in [0.15, 0.2) is 0 Å². The Kier molecular flexibility index (Phi) is 3.38. The zero-order valence-electron chi connectivity index (χ0n) is 9.00. The molecular formula is C13H18N2. The third-order valence-electron chi connectivity index (χ3n) is 3.02. The molecule has 0 bridgehead atoms. The summed E-state index contributed by atoms with van der Waals surface area (Å²) >= 11 is 0. The first-order valence-electron chi connectivity index (χ1n) is 5.77. The minimum atomic E-state index is 0.520. The Bertz CT molecular complexity index is 313. The normalized spacial score (nSPS) is 17.3. The van der Waals surface area contributed by atoms with Crippen molar-refractivity contribution < 1.29 is 0 Å². The van der Waals surface area contributed by atoms with Crippen LogP contribution in [-0.4, -0.2) is 11.9 Å². The summed E-state index contributed by atoms with van der Waals surface area (Å²) in [5, 5.41) is 11.3. The van der Waals surface area contributed by atoms with E-state index in [1.54, 1.807) is 0 Å². The smallest absolute Gasteiger partial charge is 0.125 e. The summed E-state index contributed by atoms with van der Waals surface area (Å²) in [5.74, 6) is 0.572. The highest BCUT2D eigenvalue weighted by Gasteiger charge is 2.14. The van der Waals surface area contributed by atoms with E-state index in [1.807, 2.05) is 30.3 Å². The van der Waals surface area contributed by atoms with Crippen LogP contribution in [0.2, 0.25) is 0 Å². The van der Waals surface area contributed by atoms with Crippen LogP contribution in [0.1, 0.15) is 37.7 Å². The molecule has 1 aliphatic carbocycles. The fraction of sp³-hybridized carbons (Fsp3) is 0.462. The van der Waals surface area contributed by atoms with E-state index >= 15 is 0 Å². The summed E-state index contributed by atoms with van der Waals surface area (Å²) in [7, 11) is 0. The summed E-state index contributed by atoms with van der Waals surface area (Å²) in [5.41, 5.74) is 0.989. The molecule has 2 nitrogen and oxygen atoms in total. The molecule has 0 spiro atoms. The Morgan fingerprint density at radius 3 is 2.40 bits per heavy atom. The van der Waals surface area contributed by atoms with E-state index in [-0.39, 0.29) is 0 Å². The Hall–Kier alpha value is -1.31. The number of hydrogen-bond acceptors (Lipinski definition) is 1. The van der Waals surface area contributed by atoms with Gasteiger partial charge in [-0.15, -0.1) is 0 Å². The number of rotatable bonds is 2. The average molecular weight is 202 g/mol. The molecule has 15 heavy (non-hydrogen) atoms. The lowest BCUT2D eigenvalue weighted by molar-refractivity contribution is 0.413. The largest absolute Gasteiger partial charge is 0.367 e. The Labute approximate surface area is 91.2 Å². The second-order valence-electron chi connectivity index (χ2n) is 4.22. The van der Waals surface area contributed by atoms with Gasteiger partial charge in [0.25, 0.3) is 0 Å². The summed E-state index contributed by atoms with van der Waals surface area (Å²) < 4.78 is 0. The molecule has 0 radical (unpaired) electrons. The van der Waals surface area contributed by atoms with E-state index in [0.29, 0.717) is 11.9 Å². The molecule has 2 heteroatoms. The lowest BCUT2D eigenvalue weighted by atomic mass is 9.95. The van der Waals surface area contributed by atoms with Crippen molar-refractivity contribution in [2.75, 3.05) is 0 Å². The lowest BCUT2D eigenvalue weighted by Crippen LogP contribution is -2.36. The minimum Gasteiger partial charge on any atom is -0.367 e. The second kappa shape index (κ2) is 4.96. The van der Waals surface area contributed by atoms with E-state index in [9.17, 15) is 0 Å². The van der Waals surface area contributed by atoms with Gasteiger partial charge in [0, 0.05) is 11.6 Å². The van der Waals surface area contributed by atoms with Gasteiger partial charge in [-0.2, -0.15) is 0 Å². The number of hydrogen-bond donors (Lipinski definition) is 2. The van der Waals surface area contributed by atoms with Crippen LogP contribution in [0.15, 0.2) is 30.3 Å². The number of amidine groups is 1. The zero-order valence-corrected chi connectivity index (χ0v) is 9.00. The minimum absolute atomic E-state index is 0.520. The van der Waals surface area contributed by atoms with Crippen LogP contribution in [0, 0.1) is 5.41 Å². The summed E-state index contributed by atoms with van der Waals surface area (Å²) in [6.07, 6.45) is 6.40. The first-order chi connectivity index (χ1) is 7.36. The molecule has 0 unspecified atom stereocenters. The first kappa shape index (κ1) is 10.2. The van der Waals surface area contributed by atoms with E-state index in [4.69, 9.17) is 5.41 Å². The van der Waals surface area contributed by atoms with Crippen molar-refractivity contribution in [1.29, 1.82) is 5.41 Å². The SMILES string of the molecule is N=C(NC1CCCCC1)c1ccccc1. The van der Waals surface area contributed by atoms with Crippen LogP contribution < -0.4 is 5.32 Å². The molecule has 0 saturated heterocycles. The van der Waals surface area contributed by atoms with Crippen LogP contribution in [0.5, 0.6) is 0 Å². The average Bonchev–Trinajstić information content (AvgIpc) is 2.31. The van der Waals surface area contributed by atoms with E-state index in [0.717, 1.165) is 5.56 Å². The van der Waals surface area contributed by atoms with Gasteiger partial charge in [-0.05, 0) is 12.8 Å². The predicted molar refractivity (Wildman–Crippen MR) is 63.3 cm³/mol. The maximum absolute atomic E-state index is 7.95. The fourth-order valence-electron chi connectivity index (χ4n) is 2.14. The highest BCUT2D eigenvalue weighted by molar-refractivity contribution is 5.96. The zero-order chi connectivity index (χ0) is 10.5. The third-order valence-corrected chi connectivity index (χ3v) is 3.02. The van der Waals surface area contributed by atoms with Crippen molar-refractivity contribution in [2.45, 2.75) is 38.1 Å². The van der Waals surface area contributed by atoms with Crippen molar-refractivity contribution >= 4 is 5.84 Å². The van der Waals surface area contributed by atoms with Crippen molar-refractivity contribution in [3.63, 3.8) is 0 Å². The van der Waals surface area contributed by atoms with Crippen molar-refractivity contribution in [2.24, 2.45) is 0 Å². The molecule has 1 fully saturated rings. The molecular weight excluding hydrogens is 184 g/mol. The van der Waals surface area contributed by atoms with E-state index in [2.05, 4.69) is 5.32 Å². The van der Waals surface area contributed by atoms with E-state index < -0.39 is 0 Å². The molecule has 0 aromatic heterocycles. The quantitative estimate of drug-likeness (QED) is 0.561. The maximum Gasteiger partial charge on any atom is 0.125 e. The van der Waals surface area contributed by atoms with E-state index in [1.165, 1.54) is 32.1 Å².